The van der Waals surface area contributed by atoms with Gasteiger partial charge < -0.3 is 15.2 Å². The quantitative estimate of drug-likeness (QED) is 0.873. The van der Waals surface area contributed by atoms with Crippen LogP contribution in [0, 0.1) is 18.6 Å². The van der Waals surface area contributed by atoms with Crippen LogP contribution in [0.2, 0.25) is 0 Å². The van der Waals surface area contributed by atoms with Crippen LogP contribution in [-0.2, 0) is 7.05 Å². The Labute approximate surface area is 152 Å². The van der Waals surface area contributed by atoms with Gasteiger partial charge in [-0.25, -0.2) is 8.78 Å². The number of benzene rings is 1. The highest BCUT2D eigenvalue weighted by molar-refractivity contribution is 5.93. The Morgan fingerprint density at radius 3 is 2.64 bits per heavy atom. The number of rotatable bonds is 3. The molecule has 25 heavy (non-hydrogen) atoms. The van der Waals surface area contributed by atoms with Crippen molar-refractivity contribution in [1.29, 1.82) is 0 Å². The molecule has 2 N–H and O–H groups in total. The molecule has 1 aromatic heterocycles. The molecule has 0 radical (unpaired) electrons. The van der Waals surface area contributed by atoms with Crippen molar-refractivity contribution < 1.29 is 13.6 Å². The second kappa shape index (κ2) is 7.97. The second-order valence-electron chi connectivity index (χ2n) is 6.27. The monoisotopic (exact) mass is 369 g/mol. The number of hydrogen-bond acceptors (Lipinski definition) is 2. The third-order valence-corrected chi connectivity index (χ3v) is 4.78. The number of carbonyl (C=O) groups is 1. The predicted octanol–water partition coefficient (Wildman–Crippen LogP) is 2.91. The van der Waals surface area contributed by atoms with Gasteiger partial charge in [0.1, 0.15) is 5.69 Å². The fraction of sp³-hybridized carbons (Fsp3) is 0.389. The van der Waals surface area contributed by atoms with Gasteiger partial charge in [0.05, 0.1) is 0 Å². The highest BCUT2D eigenvalue weighted by atomic mass is 35.5. The molecule has 7 heteroatoms. The van der Waals surface area contributed by atoms with Crippen LogP contribution < -0.4 is 10.6 Å². The number of aromatic nitrogens is 1. The van der Waals surface area contributed by atoms with Crippen molar-refractivity contribution in [1.82, 2.24) is 15.2 Å². The van der Waals surface area contributed by atoms with E-state index in [0.717, 1.165) is 24.7 Å². The van der Waals surface area contributed by atoms with Crippen LogP contribution in [0.5, 0.6) is 0 Å². The molecule has 1 fully saturated rings. The van der Waals surface area contributed by atoms with Crippen molar-refractivity contribution in [2.45, 2.75) is 25.3 Å². The molecule has 2 unspecified atom stereocenters. The van der Waals surface area contributed by atoms with Gasteiger partial charge in [-0.1, -0.05) is 6.07 Å². The fourth-order valence-electron chi connectivity index (χ4n) is 3.24. The van der Waals surface area contributed by atoms with E-state index >= 15 is 0 Å². The summed E-state index contributed by atoms with van der Waals surface area (Å²) in [5.41, 5.74) is 2.30. The fourth-order valence-corrected chi connectivity index (χ4v) is 3.24. The van der Waals surface area contributed by atoms with Gasteiger partial charge in [-0.3, -0.25) is 4.79 Å². The first-order valence-electron chi connectivity index (χ1n) is 8.06. The Morgan fingerprint density at radius 2 is 2.00 bits per heavy atom. The first-order chi connectivity index (χ1) is 11.5. The van der Waals surface area contributed by atoms with Gasteiger partial charge in [0.2, 0.25) is 0 Å². The second-order valence-corrected chi connectivity index (χ2v) is 6.27. The smallest absolute Gasteiger partial charge is 0.268 e. The lowest BCUT2D eigenvalue weighted by Gasteiger charge is -2.33. The molecule has 1 saturated heterocycles. The van der Waals surface area contributed by atoms with E-state index in [2.05, 4.69) is 10.6 Å². The van der Waals surface area contributed by atoms with Crippen LogP contribution in [0.15, 0.2) is 30.3 Å². The van der Waals surface area contributed by atoms with E-state index in [9.17, 15) is 13.6 Å². The van der Waals surface area contributed by atoms with Gasteiger partial charge in [-0.15, -0.1) is 12.4 Å². The Hall–Kier alpha value is -1.92. The van der Waals surface area contributed by atoms with Gasteiger partial charge in [-0.2, -0.15) is 0 Å². The van der Waals surface area contributed by atoms with Gasteiger partial charge in [0.25, 0.3) is 5.91 Å². The van der Waals surface area contributed by atoms with Crippen LogP contribution in [0.4, 0.5) is 8.78 Å². The molecule has 0 bridgehead atoms. The molecule has 0 saturated carbocycles. The Balaban J connectivity index is 0.00000225. The molecule has 1 aromatic carbocycles. The number of aryl methyl sites for hydroxylation is 1. The van der Waals surface area contributed by atoms with Gasteiger partial charge >= 0.3 is 0 Å². The lowest BCUT2D eigenvalue weighted by molar-refractivity contribution is 0.0916. The number of halogens is 3. The summed E-state index contributed by atoms with van der Waals surface area (Å²) < 4.78 is 28.6. The Kier molecular flexibility index (Phi) is 6.19. The Bertz CT molecular complexity index is 763. The van der Waals surface area contributed by atoms with Crippen LogP contribution in [0.3, 0.4) is 0 Å². The van der Waals surface area contributed by atoms with E-state index in [1.807, 2.05) is 24.6 Å². The lowest BCUT2D eigenvalue weighted by Crippen LogP contribution is -2.50. The van der Waals surface area contributed by atoms with Crippen LogP contribution in [-0.4, -0.2) is 29.6 Å². The molecule has 0 spiro atoms. The van der Waals surface area contributed by atoms with Crippen LogP contribution in [0.25, 0.3) is 0 Å². The highest BCUT2D eigenvalue weighted by Gasteiger charge is 2.29. The maximum atomic E-state index is 13.6. The molecule has 1 amide bonds. The molecule has 1 aliphatic rings. The molecule has 2 aromatic rings. The van der Waals surface area contributed by atoms with Gasteiger partial charge in [0, 0.05) is 31.2 Å². The molecule has 136 valence electrons. The van der Waals surface area contributed by atoms with Crippen molar-refractivity contribution in [3.63, 3.8) is 0 Å². The molecule has 0 aliphatic carbocycles. The zero-order valence-electron chi connectivity index (χ0n) is 14.2. The van der Waals surface area contributed by atoms with E-state index in [1.165, 1.54) is 6.07 Å². The zero-order valence-corrected chi connectivity index (χ0v) is 15.0. The molecule has 1 aliphatic heterocycles. The third-order valence-electron chi connectivity index (χ3n) is 4.78. The van der Waals surface area contributed by atoms with E-state index in [4.69, 9.17) is 0 Å². The standard InChI is InChI=1S/C18H21F2N3O.ClH/c1-11-3-6-17(23(11)2)18(24)22-16-10-21-8-7-13(16)12-4-5-14(19)15(20)9-12;/h3-6,9,13,16,21H,7-8,10H2,1-2H3,(H,22,24);1H. The van der Waals surface area contributed by atoms with E-state index in [1.54, 1.807) is 12.1 Å². The number of piperidine rings is 1. The summed E-state index contributed by atoms with van der Waals surface area (Å²) in [6, 6.07) is 7.48. The summed E-state index contributed by atoms with van der Waals surface area (Å²) in [5, 5.41) is 6.28. The minimum Gasteiger partial charge on any atom is -0.346 e. The lowest BCUT2D eigenvalue weighted by atomic mass is 9.86. The number of nitrogens with one attached hydrogen (secondary N) is 2. The Morgan fingerprint density at radius 1 is 1.24 bits per heavy atom. The summed E-state index contributed by atoms with van der Waals surface area (Å²) in [5.74, 6) is -1.92. The summed E-state index contributed by atoms with van der Waals surface area (Å²) >= 11 is 0. The summed E-state index contributed by atoms with van der Waals surface area (Å²) in [6.45, 7) is 3.31. The topological polar surface area (TPSA) is 46.1 Å². The third kappa shape index (κ3) is 4.02. The molecular formula is C18H22ClF2N3O. The van der Waals surface area contributed by atoms with Gasteiger partial charge in [0.15, 0.2) is 11.6 Å². The summed E-state index contributed by atoms with van der Waals surface area (Å²) in [6.07, 6.45) is 0.752. The number of nitrogens with zero attached hydrogens (tertiary/aromatic N) is 1. The van der Waals surface area contributed by atoms with E-state index in [-0.39, 0.29) is 30.3 Å². The largest absolute Gasteiger partial charge is 0.346 e. The minimum atomic E-state index is -0.854. The first kappa shape index (κ1) is 19.4. The zero-order chi connectivity index (χ0) is 17.3. The number of amides is 1. The first-order valence-corrected chi connectivity index (χ1v) is 8.06. The van der Waals surface area contributed by atoms with Crippen molar-refractivity contribution in [3.8, 4) is 0 Å². The number of carbonyl (C=O) groups excluding carboxylic acids is 1. The van der Waals surface area contributed by atoms with E-state index in [0.29, 0.717) is 17.8 Å². The molecule has 4 nitrogen and oxygen atoms in total. The maximum Gasteiger partial charge on any atom is 0.268 e. The number of hydrogen-bond donors (Lipinski definition) is 2. The predicted molar refractivity (Wildman–Crippen MR) is 95.2 cm³/mol. The summed E-state index contributed by atoms with van der Waals surface area (Å²) in [4.78, 5) is 12.6. The maximum absolute atomic E-state index is 13.6. The molecule has 2 heterocycles. The average Bonchev–Trinajstić information content (AvgIpc) is 2.90. The SMILES string of the molecule is Cc1ccc(C(=O)NC2CNCCC2c2ccc(F)c(F)c2)n1C.Cl. The van der Waals surface area contributed by atoms with Crippen molar-refractivity contribution in [3.05, 3.63) is 58.9 Å². The molecular weight excluding hydrogens is 348 g/mol. The van der Waals surface area contributed by atoms with Crippen molar-refractivity contribution >= 4 is 18.3 Å². The van der Waals surface area contributed by atoms with Crippen molar-refractivity contribution in [2.75, 3.05) is 13.1 Å². The van der Waals surface area contributed by atoms with Gasteiger partial charge in [-0.05, 0) is 49.7 Å². The molecule has 3 rings (SSSR count). The average molecular weight is 370 g/mol. The van der Waals surface area contributed by atoms with Crippen LogP contribution in [0.1, 0.15) is 34.1 Å². The highest BCUT2D eigenvalue weighted by Crippen LogP contribution is 2.27. The van der Waals surface area contributed by atoms with E-state index < -0.39 is 11.6 Å². The normalized spacial score (nSPS) is 20.0. The minimum absolute atomic E-state index is 0. The van der Waals surface area contributed by atoms with Crippen molar-refractivity contribution in [2.24, 2.45) is 7.05 Å². The molecule has 2 atom stereocenters. The van der Waals surface area contributed by atoms with Crippen LogP contribution >= 0.6 is 12.4 Å². The summed E-state index contributed by atoms with van der Waals surface area (Å²) in [7, 11) is 1.84.